The highest BCUT2D eigenvalue weighted by atomic mass is 35.5. The summed E-state index contributed by atoms with van der Waals surface area (Å²) < 4.78 is 27.7. The third-order valence-corrected chi connectivity index (χ3v) is 6.69. The monoisotopic (exact) mass is 522 g/mol. The van der Waals surface area contributed by atoms with Crippen molar-refractivity contribution in [3.8, 4) is 5.75 Å². The topological polar surface area (TPSA) is 130 Å². The molecule has 0 fully saturated rings. The molecule has 194 valence electrons. The molecule has 1 N–H and O–H groups in total. The third-order valence-electron chi connectivity index (χ3n) is 6.45. The highest BCUT2D eigenvalue weighted by molar-refractivity contribution is 6.30. The van der Waals surface area contributed by atoms with Gasteiger partial charge >= 0.3 is 6.16 Å². The molecule has 11 nitrogen and oxygen atoms in total. The Morgan fingerprint density at radius 1 is 1.31 bits per heavy atom. The number of anilines is 1. The Labute approximate surface area is 212 Å². The lowest BCUT2D eigenvalue weighted by Crippen LogP contribution is -2.63. The van der Waals surface area contributed by atoms with Gasteiger partial charge in [0.15, 0.2) is 18.1 Å². The number of carbonyl (C=O) groups is 1. The zero-order chi connectivity index (χ0) is 26.2. The summed E-state index contributed by atoms with van der Waals surface area (Å²) in [7, 11) is 2.82. The van der Waals surface area contributed by atoms with Crippen LogP contribution >= 0.6 is 11.6 Å². The van der Waals surface area contributed by atoms with Crippen molar-refractivity contribution in [1.82, 2.24) is 0 Å². The molecule has 12 heteroatoms. The zero-order valence-electron chi connectivity index (χ0n) is 20.2. The van der Waals surface area contributed by atoms with E-state index in [2.05, 4.69) is 0 Å². The lowest BCUT2D eigenvalue weighted by molar-refractivity contribution is -0.385. The molecule has 2 aliphatic rings. The number of methoxy groups -OCH3 is 2. The Balaban J connectivity index is 1.91. The molecule has 0 amide bonds. The number of ether oxygens (including phenoxy) is 5. The number of hydrogen-bond donors (Lipinski definition) is 1. The molecular formula is C24H27ClN2O9. The fourth-order valence-electron chi connectivity index (χ4n) is 4.91. The molecule has 0 bridgehead atoms. The average molecular weight is 523 g/mol. The number of carbonyl (C=O) groups excluding carboxylic acids is 1. The first-order valence-electron chi connectivity index (χ1n) is 11.3. The van der Waals surface area contributed by atoms with E-state index in [0.29, 0.717) is 16.3 Å². The number of fused-ring (bicyclic) bond motifs is 2. The maximum absolute atomic E-state index is 12.3. The Hall–Kier alpha value is -3.12. The fourth-order valence-corrected chi connectivity index (χ4v) is 5.10. The standard InChI is InChI=1S/C24H27ClN2O9/c1-5-34-23(29)35-19-11-13-10-14(25)6-8-17(13)26(19)20-16-12-15(27(30)31)7-9-18(16)36-24(2,21(20)28)22(32-3)33-4/h6-10,12,19-22,28H,5,11H2,1-4H3/t19-,20-,21+,24-/m0/s1. The van der Waals surface area contributed by atoms with E-state index in [4.69, 9.17) is 35.3 Å². The lowest BCUT2D eigenvalue weighted by atomic mass is 9.83. The number of nitrogens with zero attached hydrogens (tertiary/aromatic N) is 2. The predicted octanol–water partition coefficient (Wildman–Crippen LogP) is 3.98. The quantitative estimate of drug-likeness (QED) is 0.246. The van der Waals surface area contributed by atoms with E-state index >= 15 is 0 Å². The highest BCUT2D eigenvalue weighted by Crippen LogP contribution is 2.50. The van der Waals surface area contributed by atoms with Crippen LogP contribution in [0.5, 0.6) is 5.75 Å². The summed E-state index contributed by atoms with van der Waals surface area (Å²) in [5.74, 6) is 0.287. The van der Waals surface area contributed by atoms with Crippen molar-refractivity contribution < 1.29 is 38.5 Å². The Morgan fingerprint density at radius 3 is 2.67 bits per heavy atom. The van der Waals surface area contributed by atoms with Crippen LogP contribution in [0.2, 0.25) is 5.02 Å². The van der Waals surface area contributed by atoms with Gasteiger partial charge in [0.25, 0.3) is 5.69 Å². The second kappa shape index (κ2) is 10.1. The average Bonchev–Trinajstić information content (AvgIpc) is 3.16. The lowest BCUT2D eigenvalue weighted by Gasteiger charge is -2.50. The summed E-state index contributed by atoms with van der Waals surface area (Å²) in [6.07, 6.45) is -3.91. The molecular weight excluding hydrogens is 496 g/mol. The SMILES string of the molecule is CCOC(=O)O[C@H]1Cc2cc(Cl)ccc2N1[C@H]1c2cc([N+](=O)[O-])ccc2O[C@](C)(C(OC)OC)[C@@H]1O. The largest absolute Gasteiger partial charge is 0.510 e. The van der Waals surface area contributed by atoms with Gasteiger partial charge in [0.2, 0.25) is 0 Å². The Bertz CT molecular complexity index is 1160. The summed E-state index contributed by atoms with van der Waals surface area (Å²) in [6.45, 7) is 3.38. The van der Waals surface area contributed by atoms with Gasteiger partial charge in [-0.25, -0.2) is 4.79 Å². The second-order valence-electron chi connectivity index (χ2n) is 8.60. The Kier molecular flexibility index (Phi) is 7.28. The number of halogens is 1. The van der Waals surface area contributed by atoms with Gasteiger partial charge in [-0.15, -0.1) is 0 Å². The fraction of sp³-hybridized carbons (Fsp3) is 0.458. The van der Waals surface area contributed by atoms with Crippen LogP contribution in [-0.4, -0.2) is 61.2 Å². The third kappa shape index (κ3) is 4.43. The number of non-ortho nitro benzene ring substituents is 1. The molecule has 0 unspecified atom stereocenters. The first kappa shape index (κ1) is 26.0. The molecule has 2 aromatic rings. The van der Waals surface area contributed by atoms with E-state index < -0.39 is 41.3 Å². The van der Waals surface area contributed by atoms with Gasteiger partial charge in [-0.05, 0) is 43.7 Å². The van der Waals surface area contributed by atoms with E-state index in [1.54, 1.807) is 36.9 Å². The molecule has 2 aliphatic heterocycles. The zero-order valence-corrected chi connectivity index (χ0v) is 20.9. The number of nitro benzene ring substituents is 1. The molecule has 4 atom stereocenters. The number of rotatable bonds is 7. The molecule has 0 aromatic heterocycles. The summed E-state index contributed by atoms with van der Waals surface area (Å²) in [5.41, 5.74) is 0.0954. The summed E-state index contributed by atoms with van der Waals surface area (Å²) >= 11 is 6.22. The number of nitro groups is 1. The molecule has 2 heterocycles. The van der Waals surface area contributed by atoms with Crippen molar-refractivity contribution in [2.75, 3.05) is 25.7 Å². The van der Waals surface area contributed by atoms with E-state index in [1.165, 1.54) is 32.4 Å². The summed E-state index contributed by atoms with van der Waals surface area (Å²) in [6, 6.07) is 8.31. The van der Waals surface area contributed by atoms with E-state index in [0.717, 1.165) is 5.56 Å². The first-order chi connectivity index (χ1) is 17.1. The minimum Gasteiger partial charge on any atom is -0.479 e. The first-order valence-corrected chi connectivity index (χ1v) is 11.6. The van der Waals surface area contributed by atoms with Crippen molar-refractivity contribution in [1.29, 1.82) is 0 Å². The van der Waals surface area contributed by atoms with Gasteiger partial charge in [0, 0.05) is 49.0 Å². The van der Waals surface area contributed by atoms with E-state index in [1.807, 2.05) is 0 Å². The van der Waals surface area contributed by atoms with Gasteiger partial charge in [0.05, 0.1) is 17.6 Å². The molecule has 4 rings (SSSR count). The molecule has 0 saturated carbocycles. The minimum absolute atomic E-state index is 0.112. The molecule has 2 aromatic carbocycles. The molecule has 36 heavy (non-hydrogen) atoms. The predicted molar refractivity (Wildman–Crippen MR) is 128 cm³/mol. The molecule has 0 radical (unpaired) electrons. The second-order valence-corrected chi connectivity index (χ2v) is 9.03. The number of benzene rings is 2. The minimum atomic E-state index is -1.44. The molecule has 0 saturated heterocycles. The van der Waals surface area contributed by atoms with Crippen molar-refractivity contribution in [2.45, 2.75) is 50.5 Å². The highest BCUT2D eigenvalue weighted by Gasteiger charge is 2.56. The normalized spacial score (nSPS) is 24.6. The van der Waals surface area contributed by atoms with Gasteiger partial charge in [0.1, 0.15) is 11.9 Å². The van der Waals surface area contributed by atoms with Crippen molar-refractivity contribution >= 4 is 29.1 Å². The van der Waals surface area contributed by atoms with Gasteiger partial charge in [-0.3, -0.25) is 10.1 Å². The maximum atomic E-state index is 12.3. The van der Waals surface area contributed by atoms with Crippen molar-refractivity contribution in [2.24, 2.45) is 0 Å². The van der Waals surface area contributed by atoms with Crippen LogP contribution in [-0.2, 0) is 25.4 Å². The smallest absolute Gasteiger partial charge is 0.479 e. The summed E-state index contributed by atoms with van der Waals surface area (Å²) in [4.78, 5) is 25.1. The molecule has 0 aliphatic carbocycles. The van der Waals surface area contributed by atoms with E-state index in [-0.39, 0.29) is 24.5 Å². The van der Waals surface area contributed by atoms with Crippen LogP contribution in [0.1, 0.15) is 31.0 Å². The van der Waals surface area contributed by atoms with Crippen LogP contribution in [0.3, 0.4) is 0 Å². The van der Waals surface area contributed by atoms with Gasteiger partial charge in [-0.1, -0.05) is 11.6 Å². The number of hydrogen-bond acceptors (Lipinski definition) is 10. The van der Waals surface area contributed by atoms with Crippen LogP contribution in [0.15, 0.2) is 36.4 Å². The van der Waals surface area contributed by atoms with E-state index in [9.17, 15) is 20.0 Å². The molecule has 0 spiro atoms. The number of aliphatic hydroxyl groups is 1. The van der Waals surface area contributed by atoms with Crippen LogP contribution in [0, 0.1) is 10.1 Å². The van der Waals surface area contributed by atoms with Crippen molar-refractivity contribution in [3.05, 3.63) is 62.7 Å². The Morgan fingerprint density at radius 2 is 2.03 bits per heavy atom. The maximum Gasteiger partial charge on any atom is 0.510 e. The van der Waals surface area contributed by atoms with Crippen LogP contribution in [0.25, 0.3) is 0 Å². The van der Waals surface area contributed by atoms with Crippen molar-refractivity contribution in [3.63, 3.8) is 0 Å². The van der Waals surface area contributed by atoms with Crippen LogP contribution < -0.4 is 9.64 Å². The summed E-state index contributed by atoms with van der Waals surface area (Å²) in [5, 5.41) is 23.9. The van der Waals surface area contributed by atoms with Gasteiger partial charge in [-0.2, -0.15) is 0 Å². The van der Waals surface area contributed by atoms with Crippen LogP contribution in [0.4, 0.5) is 16.2 Å². The van der Waals surface area contributed by atoms with Gasteiger partial charge < -0.3 is 33.7 Å². The number of aliphatic hydroxyl groups excluding tert-OH is 1.